The van der Waals surface area contributed by atoms with Crippen molar-refractivity contribution in [1.29, 1.82) is 0 Å². The minimum atomic E-state index is 0.862. The van der Waals surface area contributed by atoms with Crippen molar-refractivity contribution in [2.75, 3.05) is 7.05 Å². The summed E-state index contributed by atoms with van der Waals surface area (Å²) in [7, 11) is 1.89. The largest absolute Gasteiger partial charge is 0.394 e. The van der Waals surface area contributed by atoms with Crippen molar-refractivity contribution < 1.29 is 0 Å². The highest BCUT2D eigenvalue weighted by atomic mass is 32.1. The van der Waals surface area contributed by atoms with Crippen molar-refractivity contribution in [3.05, 3.63) is 210 Å². The van der Waals surface area contributed by atoms with Gasteiger partial charge in [-0.25, -0.2) is 4.98 Å². The zero-order valence-electron chi connectivity index (χ0n) is 32.7. The van der Waals surface area contributed by atoms with Gasteiger partial charge in [0.1, 0.15) is 5.01 Å². The molecule has 0 saturated heterocycles. The average Bonchev–Trinajstić information content (AvgIpc) is 3.64. The molecular formula is C52H50N2S. The van der Waals surface area contributed by atoms with Crippen LogP contribution in [-0.2, 0) is 0 Å². The molecule has 0 aliphatic heterocycles. The van der Waals surface area contributed by atoms with Gasteiger partial charge in [-0.2, -0.15) is 0 Å². The molecule has 55 heavy (non-hydrogen) atoms. The van der Waals surface area contributed by atoms with Gasteiger partial charge in [0.25, 0.3) is 0 Å². The van der Waals surface area contributed by atoms with Crippen LogP contribution in [0.1, 0.15) is 60.5 Å². The Morgan fingerprint density at radius 1 is 0.745 bits per heavy atom. The molecule has 5 rings (SSSR count). The van der Waals surface area contributed by atoms with E-state index in [1.807, 2.05) is 77.4 Å². The van der Waals surface area contributed by atoms with Crippen LogP contribution >= 0.6 is 11.3 Å². The molecule has 2 nitrogen and oxygen atoms in total. The number of thiazole rings is 1. The lowest BCUT2D eigenvalue weighted by molar-refractivity contribution is 1.08. The van der Waals surface area contributed by atoms with Gasteiger partial charge in [-0.3, -0.25) is 0 Å². The molecule has 1 N–H and O–H groups in total. The van der Waals surface area contributed by atoms with Crippen LogP contribution in [0.15, 0.2) is 177 Å². The number of allylic oxidation sites excluding steroid dienone is 14. The first-order valence-corrected chi connectivity index (χ1v) is 19.3. The maximum Gasteiger partial charge on any atom is 0.124 e. The van der Waals surface area contributed by atoms with Crippen LogP contribution in [0.5, 0.6) is 0 Å². The van der Waals surface area contributed by atoms with Crippen LogP contribution in [0, 0.1) is 0 Å². The monoisotopic (exact) mass is 734 g/mol. The van der Waals surface area contributed by atoms with E-state index in [1.54, 1.807) is 11.3 Å². The molecule has 0 fully saturated rings. The molecule has 1 aromatic heterocycles. The van der Waals surface area contributed by atoms with Crippen LogP contribution in [0.3, 0.4) is 0 Å². The minimum absolute atomic E-state index is 0.862. The lowest BCUT2D eigenvalue weighted by Gasteiger charge is -2.12. The number of benzene rings is 4. The van der Waals surface area contributed by atoms with E-state index in [-0.39, 0.29) is 0 Å². The molecule has 0 aliphatic carbocycles. The van der Waals surface area contributed by atoms with Gasteiger partial charge in [-0.15, -0.1) is 11.3 Å². The Kier molecular flexibility index (Phi) is 13.9. The van der Waals surface area contributed by atoms with Gasteiger partial charge < -0.3 is 5.32 Å². The fourth-order valence-electron chi connectivity index (χ4n) is 6.22. The van der Waals surface area contributed by atoms with E-state index >= 15 is 0 Å². The van der Waals surface area contributed by atoms with Crippen LogP contribution in [0.2, 0.25) is 0 Å². The van der Waals surface area contributed by atoms with Crippen molar-refractivity contribution >= 4 is 56.5 Å². The van der Waals surface area contributed by atoms with E-state index in [0.29, 0.717) is 0 Å². The van der Waals surface area contributed by atoms with Gasteiger partial charge in [0.05, 0.1) is 10.2 Å². The van der Waals surface area contributed by atoms with Crippen molar-refractivity contribution in [3.63, 3.8) is 0 Å². The standard InChI is InChI=1S/C52H50N2S/c1-10-14-15-19-40-20-16-22-45(32-40)37(6)24-25-38(7)49-33-46(42-28-30-44(31-29-42)48-23-17-21-43(18-11-2)47(48)13-4)34-50-51(49)54-52(55-50)41(12-3)27-26-36(5)39(8)35-53-9/h10-35,53H,4-7H2,1-3,8-9H3/b14-10-,18-11-,19-15-,25-24-,27-26-,39-35+,41-12+. The molecule has 0 amide bonds. The second-order valence-electron chi connectivity index (χ2n) is 13.1. The molecule has 0 spiro atoms. The van der Waals surface area contributed by atoms with Gasteiger partial charge in [-0.05, 0) is 119 Å². The van der Waals surface area contributed by atoms with Crippen molar-refractivity contribution in [2.45, 2.75) is 27.7 Å². The Bertz CT molecular complexity index is 2450. The Morgan fingerprint density at radius 2 is 1.49 bits per heavy atom. The van der Waals surface area contributed by atoms with Crippen LogP contribution < -0.4 is 5.32 Å². The van der Waals surface area contributed by atoms with Gasteiger partial charge >= 0.3 is 0 Å². The summed E-state index contributed by atoms with van der Waals surface area (Å²) < 4.78 is 1.09. The van der Waals surface area contributed by atoms with E-state index in [9.17, 15) is 0 Å². The number of nitrogens with one attached hydrogen (secondary N) is 1. The maximum absolute atomic E-state index is 5.22. The van der Waals surface area contributed by atoms with Crippen LogP contribution in [0.4, 0.5) is 0 Å². The molecule has 1 heterocycles. The molecule has 0 aliphatic rings. The Labute approximate surface area is 332 Å². The maximum atomic E-state index is 5.22. The molecule has 4 aromatic carbocycles. The SMILES string of the molecule is C=Cc1c(/C=C\C)cccc1-c1ccc(-c2cc(C(=C)/C=C\C(=C)c3cccc(/C=C\C=C/C)c3)c3nc(C(/C=C\C(=C)/C(C)=C/NC)=C/C)sc3c2)cc1. The Morgan fingerprint density at radius 3 is 2.20 bits per heavy atom. The Hall–Kier alpha value is -6.29. The minimum Gasteiger partial charge on any atom is -0.394 e. The second-order valence-corrected chi connectivity index (χ2v) is 14.1. The molecule has 0 radical (unpaired) electrons. The summed E-state index contributed by atoms with van der Waals surface area (Å²) in [4.78, 5) is 5.22. The third-order valence-corrected chi connectivity index (χ3v) is 10.3. The summed E-state index contributed by atoms with van der Waals surface area (Å²) in [5, 5.41) is 4.02. The highest BCUT2D eigenvalue weighted by Gasteiger charge is 2.15. The quantitative estimate of drug-likeness (QED) is 0.108. The van der Waals surface area contributed by atoms with E-state index < -0.39 is 0 Å². The first-order chi connectivity index (χ1) is 26.7. The van der Waals surface area contributed by atoms with Gasteiger partial charge in [0.15, 0.2) is 0 Å². The predicted octanol–water partition coefficient (Wildman–Crippen LogP) is 14.8. The summed E-state index contributed by atoms with van der Waals surface area (Å²) in [6.45, 7) is 25.5. The lowest BCUT2D eigenvalue weighted by Crippen LogP contribution is -1.95. The smallest absolute Gasteiger partial charge is 0.124 e. The van der Waals surface area contributed by atoms with E-state index in [2.05, 4.69) is 147 Å². The summed E-state index contributed by atoms with van der Waals surface area (Å²) in [5.74, 6) is 0. The molecule has 0 unspecified atom stereocenters. The van der Waals surface area contributed by atoms with Crippen LogP contribution in [-0.4, -0.2) is 12.0 Å². The van der Waals surface area contributed by atoms with Crippen molar-refractivity contribution in [3.8, 4) is 22.3 Å². The fourth-order valence-corrected chi connectivity index (χ4v) is 7.31. The molecule has 5 aromatic rings. The van der Waals surface area contributed by atoms with Crippen LogP contribution in [0.25, 0.3) is 67.4 Å². The third-order valence-electron chi connectivity index (χ3n) is 9.29. The van der Waals surface area contributed by atoms with E-state index in [1.165, 1.54) is 0 Å². The van der Waals surface area contributed by atoms with Crippen molar-refractivity contribution in [1.82, 2.24) is 10.3 Å². The highest BCUT2D eigenvalue weighted by molar-refractivity contribution is 7.19. The number of hydrogen-bond donors (Lipinski definition) is 1. The first-order valence-electron chi connectivity index (χ1n) is 18.5. The van der Waals surface area contributed by atoms with Crippen molar-refractivity contribution in [2.24, 2.45) is 0 Å². The zero-order chi connectivity index (χ0) is 39.3. The second kappa shape index (κ2) is 19.2. The lowest BCUT2D eigenvalue weighted by atomic mass is 9.93. The molecule has 3 heteroatoms. The number of nitrogens with zero attached hydrogens (tertiary/aromatic N) is 1. The Balaban J connectivity index is 1.56. The third kappa shape index (κ3) is 9.83. The topological polar surface area (TPSA) is 24.9 Å². The molecule has 274 valence electrons. The normalized spacial score (nSPS) is 12.6. The fraction of sp³-hybridized carbons (Fsp3) is 0.0962. The molecule has 0 saturated carbocycles. The first kappa shape index (κ1) is 39.9. The number of aromatic nitrogens is 1. The van der Waals surface area contributed by atoms with E-state index in [4.69, 9.17) is 4.98 Å². The average molecular weight is 735 g/mol. The number of rotatable bonds is 15. The van der Waals surface area contributed by atoms with Gasteiger partial charge in [-0.1, -0.05) is 160 Å². The zero-order valence-corrected chi connectivity index (χ0v) is 33.5. The number of hydrogen-bond acceptors (Lipinski definition) is 3. The van der Waals surface area contributed by atoms with Gasteiger partial charge in [0, 0.05) is 18.2 Å². The van der Waals surface area contributed by atoms with Gasteiger partial charge in [0.2, 0.25) is 0 Å². The van der Waals surface area contributed by atoms with E-state index in [0.717, 1.165) is 93.2 Å². The molecule has 0 bridgehead atoms. The summed E-state index contributed by atoms with van der Waals surface area (Å²) in [6, 6.07) is 28.0. The summed E-state index contributed by atoms with van der Waals surface area (Å²) >= 11 is 1.68. The molecule has 0 atom stereocenters. The molecular weight excluding hydrogens is 685 g/mol. The number of fused-ring (bicyclic) bond motifs is 1. The summed E-state index contributed by atoms with van der Waals surface area (Å²) in [5.41, 5.74) is 15.7. The predicted molar refractivity (Wildman–Crippen MR) is 248 cm³/mol. The highest BCUT2D eigenvalue weighted by Crippen LogP contribution is 2.38. The summed E-state index contributed by atoms with van der Waals surface area (Å²) in [6.07, 6.45) is 26.6.